The number of piperazine rings is 1. The molecule has 19 heavy (non-hydrogen) atoms. The van der Waals surface area contributed by atoms with Gasteiger partial charge in [0, 0.05) is 50.6 Å². The van der Waals surface area contributed by atoms with E-state index in [2.05, 4.69) is 34.8 Å². The SMILES string of the molecule is CN(CCC(=O)N1CCNCC1)Cc1cccs1.Cl. The number of thiophene rings is 1. The van der Waals surface area contributed by atoms with Gasteiger partial charge >= 0.3 is 0 Å². The zero-order valence-electron chi connectivity index (χ0n) is 11.3. The highest BCUT2D eigenvalue weighted by molar-refractivity contribution is 7.09. The molecule has 0 spiro atoms. The van der Waals surface area contributed by atoms with Crippen LogP contribution in [0.15, 0.2) is 17.5 Å². The number of carbonyl (C=O) groups is 1. The molecule has 1 aromatic heterocycles. The molecule has 1 aromatic rings. The van der Waals surface area contributed by atoms with Gasteiger partial charge in [0.15, 0.2) is 0 Å². The van der Waals surface area contributed by atoms with E-state index in [-0.39, 0.29) is 18.3 Å². The Balaban J connectivity index is 0.00000180. The lowest BCUT2D eigenvalue weighted by molar-refractivity contribution is -0.132. The monoisotopic (exact) mass is 303 g/mol. The van der Waals surface area contributed by atoms with Crippen molar-refractivity contribution in [3.63, 3.8) is 0 Å². The van der Waals surface area contributed by atoms with Gasteiger partial charge in [-0.15, -0.1) is 23.7 Å². The van der Waals surface area contributed by atoms with Gasteiger partial charge in [-0.05, 0) is 18.5 Å². The van der Waals surface area contributed by atoms with Crippen molar-refractivity contribution in [2.75, 3.05) is 39.8 Å². The highest BCUT2D eigenvalue weighted by Crippen LogP contribution is 2.11. The molecule has 1 amide bonds. The third kappa shape index (κ3) is 5.48. The lowest BCUT2D eigenvalue weighted by Crippen LogP contribution is -2.46. The fraction of sp³-hybridized carbons (Fsp3) is 0.615. The number of amides is 1. The van der Waals surface area contributed by atoms with Crippen molar-refractivity contribution in [2.45, 2.75) is 13.0 Å². The van der Waals surface area contributed by atoms with Crippen LogP contribution in [-0.4, -0.2) is 55.5 Å². The second kappa shape index (κ2) is 8.53. The van der Waals surface area contributed by atoms with Crippen LogP contribution >= 0.6 is 23.7 Å². The van der Waals surface area contributed by atoms with Crippen molar-refractivity contribution in [1.29, 1.82) is 0 Å². The van der Waals surface area contributed by atoms with Crippen LogP contribution in [-0.2, 0) is 11.3 Å². The molecule has 1 aliphatic rings. The maximum Gasteiger partial charge on any atom is 0.223 e. The quantitative estimate of drug-likeness (QED) is 0.894. The summed E-state index contributed by atoms with van der Waals surface area (Å²) in [6.07, 6.45) is 0.627. The Morgan fingerprint density at radius 2 is 2.21 bits per heavy atom. The fourth-order valence-electron chi connectivity index (χ4n) is 2.11. The molecular weight excluding hydrogens is 282 g/mol. The first kappa shape index (κ1) is 16.4. The minimum absolute atomic E-state index is 0. The summed E-state index contributed by atoms with van der Waals surface area (Å²) < 4.78 is 0. The summed E-state index contributed by atoms with van der Waals surface area (Å²) >= 11 is 1.77. The summed E-state index contributed by atoms with van der Waals surface area (Å²) in [6, 6.07) is 4.21. The smallest absolute Gasteiger partial charge is 0.223 e. The molecule has 0 atom stereocenters. The first-order chi connectivity index (χ1) is 8.75. The summed E-state index contributed by atoms with van der Waals surface area (Å²) in [5, 5.41) is 5.35. The van der Waals surface area contributed by atoms with Gasteiger partial charge in [0.2, 0.25) is 5.91 Å². The normalized spacial score (nSPS) is 15.4. The standard InChI is InChI=1S/C13H21N3OS.ClH/c1-15(11-12-3-2-10-18-12)7-4-13(17)16-8-5-14-6-9-16;/h2-3,10,14H,4-9,11H2,1H3;1H. The molecule has 0 radical (unpaired) electrons. The van der Waals surface area contributed by atoms with Crippen LogP contribution in [0.4, 0.5) is 0 Å². The van der Waals surface area contributed by atoms with E-state index >= 15 is 0 Å². The minimum Gasteiger partial charge on any atom is -0.340 e. The highest BCUT2D eigenvalue weighted by atomic mass is 35.5. The second-order valence-electron chi connectivity index (χ2n) is 4.70. The van der Waals surface area contributed by atoms with Gasteiger partial charge in [0.25, 0.3) is 0 Å². The van der Waals surface area contributed by atoms with Crippen molar-refractivity contribution < 1.29 is 4.79 Å². The topological polar surface area (TPSA) is 35.6 Å². The molecule has 6 heteroatoms. The molecule has 1 N–H and O–H groups in total. The highest BCUT2D eigenvalue weighted by Gasteiger charge is 2.16. The fourth-order valence-corrected chi connectivity index (χ4v) is 2.89. The lowest BCUT2D eigenvalue weighted by Gasteiger charge is -2.28. The average molecular weight is 304 g/mol. The average Bonchev–Trinajstić information content (AvgIpc) is 2.90. The van der Waals surface area contributed by atoms with E-state index in [1.54, 1.807) is 11.3 Å². The Bertz CT molecular complexity index is 366. The second-order valence-corrected chi connectivity index (χ2v) is 5.73. The summed E-state index contributed by atoms with van der Waals surface area (Å²) in [5.41, 5.74) is 0. The maximum absolute atomic E-state index is 12.0. The molecule has 0 aliphatic carbocycles. The molecule has 2 heterocycles. The van der Waals surface area contributed by atoms with Gasteiger partial charge in [-0.2, -0.15) is 0 Å². The molecule has 0 saturated carbocycles. The van der Waals surface area contributed by atoms with Gasteiger partial charge in [-0.3, -0.25) is 4.79 Å². The zero-order chi connectivity index (χ0) is 12.8. The number of hydrogen-bond acceptors (Lipinski definition) is 4. The number of hydrogen-bond donors (Lipinski definition) is 1. The van der Waals surface area contributed by atoms with Gasteiger partial charge in [0.05, 0.1) is 0 Å². The molecule has 0 unspecified atom stereocenters. The van der Waals surface area contributed by atoms with E-state index in [1.807, 2.05) is 4.90 Å². The maximum atomic E-state index is 12.0. The van der Waals surface area contributed by atoms with Crippen LogP contribution in [0.25, 0.3) is 0 Å². The Kier molecular flexibility index (Phi) is 7.38. The molecule has 1 aliphatic heterocycles. The summed E-state index contributed by atoms with van der Waals surface area (Å²) in [7, 11) is 2.07. The Morgan fingerprint density at radius 1 is 1.47 bits per heavy atom. The Hall–Kier alpha value is -0.620. The first-order valence-electron chi connectivity index (χ1n) is 6.45. The number of carbonyl (C=O) groups excluding carboxylic acids is 1. The van der Waals surface area contributed by atoms with E-state index in [0.29, 0.717) is 6.42 Å². The van der Waals surface area contributed by atoms with Crippen molar-refractivity contribution in [2.24, 2.45) is 0 Å². The summed E-state index contributed by atoms with van der Waals surface area (Å²) in [4.78, 5) is 17.5. The van der Waals surface area contributed by atoms with Crippen LogP contribution in [0.2, 0.25) is 0 Å². The molecule has 0 bridgehead atoms. The number of rotatable bonds is 5. The minimum atomic E-state index is 0. The van der Waals surface area contributed by atoms with E-state index in [0.717, 1.165) is 39.3 Å². The number of nitrogens with one attached hydrogen (secondary N) is 1. The van der Waals surface area contributed by atoms with Crippen LogP contribution in [0.3, 0.4) is 0 Å². The van der Waals surface area contributed by atoms with E-state index in [9.17, 15) is 4.79 Å². The molecular formula is C13H22ClN3OS. The van der Waals surface area contributed by atoms with Gasteiger partial charge < -0.3 is 15.1 Å². The predicted octanol–water partition coefficient (Wildman–Crippen LogP) is 1.42. The molecule has 0 aromatic carbocycles. The Labute approximate surface area is 125 Å². The zero-order valence-corrected chi connectivity index (χ0v) is 12.9. The van der Waals surface area contributed by atoms with Gasteiger partial charge in [-0.1, -0.05) is 6.07 Å². The van der Waals surface area contributed by atoms with Crippen LogP contribution in [0, 0.1) is 0 Å². The number of nitrogens with zero attached hydrogens (tertiary/aromatic N) is 2. The molecule has 4 nitrogen and oxygen atoms in total. The molecule has 108 valence electrons. The predicted molar refractivity (Wildman–Crippen MR) is 82.0 cm³/mol. The summed E-state index contributed by atoms with van der Waals surface area (Å²) in [5.74, 6) is 0.287. The van der Waals surface area contributed by atoms with Crippen LogP contribution in [0.1, 0.15) is 11.3 Å². The largest absolute Gasteiger partial charge is 0.340 e. The van der Waals surface area contributed by atoms with Crippen molar-refractivity contribution in [3.05, 3.63) is 22.4 Å². The number of halogens is 1. The lowest BCUT2D eigenvalue weighted by atomic mass is 10.3. The third-order valence-corrected chi connectivity index (χ3v) is 4.04. The third-order valence-electron chi connectivity index (χ3n) is 3.18. The molecule has 2 rings (SSSR count). The van der Waals surface area contributed by atoms with Crippen LogP contribution in [0.5, 0.6) is 0 Å². The van der Waals surface area contributed by atoms with E-state index < -0.39 is 0 Å². The van der Waals surface area contributed by atoms with E-state index in [1.165, 1.54) is 4.88 Å². The van der Waals surface area contributed by atoms with Gasteiger partial charge in [-0.25, -0.2) is 0 Å². The van der Waals surface area contributed by atoms with Crippen molar-refractivity contribution in [3.8, 4) is 0 Å². The Morgan fingerprint density at radius 3 is 2.84 bits per heavy atom. The summed E-state index contributed by atoms with van der Waals surface area (Å²) in [6.45, 7) is 5.33. The van der Waals surface area contributed by atoms with Crippen molar-refractivity contribution in [1.82, 2.24) is 15.1 Å². The van der Waals surface area contributed by atoms with Crippen LogP contribution < -0.4 is 5.32 Å². The van der Waals surface area contributed by atoms with E-state index in [4.69, 9.17) is 0 Å². The van der Waals surface area contributed by atoms with Gasteiger partial charge in [0.1, 0.15) is 0 Å². The first-order valence-corrected chi connectivity index (χ1v) is 7.33. The molecule has 1 fully saturated rings. The molecule has 1 saturated heterocycles. The van der Waals surface area contributed by atoms with Crippen molar-refractivity contribution >= 4 is 29.7 Å².